The lowest BCUT2D eigenvalue weighted by atomic mass is 10.7. The Bertz CT molecular complexity index is 440. The topological polar surface area (TPSA) is 104 Å². The van der Waals surface area contributed by atoms with E-state index in [1.165, 1.54) is 11.8 Å². The van der Waals surface area contributed by atoms with Crippen molar-refractivity contribution in [2.45, 2.75) is 24.4 Å². The highest BCUT2D eigenvalue weighted by Gasteiger charge is 2.08. The number of nitrogens with zero attached hydrogens (tertiary/aromatic N) is 4. The lowest BCUT2D eigenvalue weighted by Gasteiger charge is -1.89. The summed E-state index contributed by atoms with van der Waals surface area (Å²) in [5.74, 6) is 2.00. The Balaban J connectivity index is 1.93. The van der Waals surface area contributed by atoms with Gasteiger partial charge in [-0.05, 0) is 0 Å². The molecule has 0 radical (unpaired) electrons. The van der Waals surface area contributed by atoms with Gasteiger partial charge < -0.3 is 14.6 Å². The summed E-state index contributed by atoms with van der Waals surface area (Å²) in [6, 6.07) is 0. The maximum absolute atomic E-state index is 5.33. The van der Waals surface area contributed by atoms with Crippen molar-refractivity contribution in [1.82, 2.24) is 20.4 Å². The highest BCUT2D eigenvalue weighted by atomic mass is 32.2. The molecule has 2 N–H and O–H groups in total. The fourth-order valence-electron chi connectivity index (χ4n) is 0.898. The smallest absolute Gasteiger partial charge is 0.277 e. The van der Waals surface area contributed by atoms with Crippen LogP contribution < -0.4 is 5.73 Å². The lowest BCUT2D eigenvalue weighted by molar-refractivity contribution is 0.414. The second kappa shape index (κ2) is 4.41. The van der Waals surface area contributed by atoms with Gasteiger partial charge in [0.2, 0.25) is 17.7 Å². The Hall–Kier alpha value is -1.41. The van der Waals surface area contributed by atoms with E-state index < -0.39 is 0 Å². The van der Waals surface area contributed by atoms with Crippen molar-refractivity contribution in [3.05, 3.63) is 17.7 Å². The van der Waals surface area contributed by atoms with Gasteiger partial charge in [-0.1, -0.05) is 11.8 Å². The van der Waals surface area contributed by atoms with Gasteiger partial charge in [0, 0.05) is 6.92 Å². The molecule has 15 heavy (non-hydrogen) atoms. The van der Waals surface area contributed by atoms with Crippen LogP contribution in [0.15, 0.2) is 14.1 Å². The molecule has 0 fully saturated rings. The molecule has 0 spiro atoms. The van der Waals surface area contributed by atoms with E-state index in [-0.39, 0.29) is 6.54 Å². The van der Waals surface area contributed by atoms with Gasteiger partial charge in [0.25, 0.3) is 5.22 Å². The summed E-state index contributed by atoms with van der Waals surface area (Å²) in [6.45, 7) is 1.98. The van der Waals surface area contributed by atoms with Crippen LogP contribution in [0.1, 0.15) is 17.7 Å². The molecule has 0 aromatic carbocycles. The second-order valence-electron chi connectivity index (χ2n) is 2.67. The molecule has 2 aromatic heterocycles. The normalized spacial score (nSPS) is 10.8. The molecular formula is C7H9N5O2S. The largest absolute Gasteiger partial charge is 0.425 e. The second-order valence-corrected chi connectivity index (χ2v) is 3.60. The quantitative estimate of drug-likeness (QED) is 0.753. The van der Waals surface area contributed by atoms with Gasteiger partial charge in [0.05, 0.1) is 12.3 Å². The molecule has 8 heteroatoms. The monoisotopic (exact) mass is 227 g/mol. The van der Waals surface area contributed by atoms with Crippen molar-refractivity contribution in [3.63, 3.8) is 0 Å². The van der Waals surface area contributed by atoms with E-state index in [0.717, 1.165) is 0 Å². The molecule has 2 heterocycles. The number of hydrogen-bond acceptors (Lipinski definition) is 8. The third-order valence-electron chi connectivity index (χ3n) is 1.51. The van der Waals surface area contributed by atoms with E-state index in [1.807, 2.05) is 0 Å². The minimum atomic E-state index is 0.243. The summed E-state index contributed by atoms with van der Waals surface area (Å²) in [6.07, 6.45) is 0. The molecule has 0 aliphatic rings. The molecule has 0 saturated heterocycles. The predicted octanol–water partition coefficient (Wildman–Crippen LogP) is 0.512. The Morgan fingerprint density at radius 2 is 1.93 bits per heavy atom. The zero-order valence-corrected chi connectivity index (χ0v) is 8.82. The highest BCUT2D eigenvalue weighted by Crippen LogP contribution is 2.20. The fourth-order valence-corrected chi connectivity index (χ4v) is 1.52. The van der Waals surface area contributed by atoms with E-state index in [4.69, 9.17) is 14.6 Å². The van der Waals surface area contributed by atoms with Gasteiger partial charge in [-0.25, -0.2) is 0 Å². The van der Waals surface area contributed by atoms with E-state index in [2.05, 4.69) is 20.4 Å². The van der Waals surface area contributed by atoms with Crippen molar-refractivity contribution >= 4 is 11.8 Å². The number of aryl methyl sites for hydroxylation is 1. The van der Waals surface area contributed by atoms with Crippen molar-refractivity contribution in [3.8, 4) is 0 Å². The maximum atomic E-state index is 5.33. The minimum Gasteiger partial charge on any atom is -0.425 e. The van der Waals surface area contributed by atoms with Gasteiger partial charge in [-0.2, -0.15) is 0 Å². The van der Waals surface area contributed by atoms with Crippen molar-refractivity contribution in [1.29, 1.82) is 0 Å². The zero-order chi connectivity index (χ0) is 10.7. The predicted molar refractivity (Wildman–Crippen MR) is 50.8 cm³/mol. The first-order valence-corrected chi connectivity index (χ1v) is 5.20. The molecule has 0 atom stereocenters. The number of aromatic nitrogens is 4. The minimum absolute atomic E-state index is 0.243. The van der Waals surface area contributed by atoms with Crippen LogP contribution in [0.3, 0.4) is 0 Å². The Morgan fingerprint density at radius 3 is 2.53 bits per heavy atom. The molecule has 0 aliphatic carbocycles. The fraction of sp³-hybridized carbons (Fsp3) is 0.429. The van der Waals surface area contributed by atoms with Gasteiger partial charge in [0.1, 0.15) is 0 Å². The first-order valence-electron chi connectivity index (χ1n) is 4.22. The molecule has 0 amide bonds. The molecular weight excluding hydrogens is 218 g/mol. The zero-order valence-electron chi connectivity index (χ0n) is 8.01. The van der Waals surface area contributed by atoms with Gasteiger partial charge in [-0.3, -0.25) is 0 Å². The maximum Gasteiger partial charge on any atom is 0.277 e. The van der Waals surface area contributed by atoms with Crippen molar-refractivity contribution < 1.29 is 8.83 Å². The summed E-state index contributed by atoms with van der Waals surface area (Å²) in [4.78, 5) is 0. The average molecular weight is 227 g/mol. The van der Waals surface area contributed by atoms with Crippen molar-refractivity contribution in [2.75, 3.05) is 0 Å². The molecule has 2 aromatic rings. The third-order valence-corrected chi connectivity index (χ3v) is 2.31. The van der Waals surface area contributed by atoms with E-state index >= 15 is 0 Å². The summed E-state index contributed by atoms with van der Waals surface area (Å²) in [5, 5.41) is 15.5. The Kier molecular flexibility index (Phi) is 2.97. The van der Waals surface area contributed by atoms with Crippen LogP contribution in [0.4, 0.5) is 0 Å². The molecule has 0 unspecified atom stereocenters. The van der Waals surface area contributed by atoms with Crippen LogP contribution >= 0.6 is 11.8 Å². The number of nitrogens with two attached hydrogens (primary N) is 1. The molecule has 2 rings (SSSR count). The Morgan fingerprint density at radius 1 is 1.13 bits per heavy atom. The molecule has 7 nitrogen and oxygen atoms in total. The Labute approximate surface area is 89.5 Å². The van der Waals surface area contributed by atoms with Crippen LogP contribution in [0.25, 0.3) is 0 Å². The van der Waals surface area contributed by atoms with Gasteiger partial charge >= 0.3 is 0 Å². The van der Waals surface area contributed by atoms with Crippen LogP contribution in [0.5, 0.6) is 0 Å². The van der Waals surface area contributed by atoms with E-state index in [1.54, 1.807) is 6.92 Å². The van der Waals surface area contributed by atoms with Crippen LogP contribution in [0.2, 0.25) is 0 Å². The molecule has 0 aliphatic heterocycles. The highest BCUT2D eigenvalue weighted by molar-refractivity contribution is 7.98. The van der Waals surface area contributed by atoms with Crippen molar-refractivity contribution in [2.24, 2.45) is 5.73 Å². The summed E-state index contributed by atoms with van der Waals surface area (Å²) < 4.78 is 10.4. The summed E-state index contributed by atoms with van der Waals surface area (Å²) in [5.41, 5.74) is 5.33. The SMILES string of the molecule is Cc1nnc(CSc2nnc(CN)o2)o1. The first-order chi connectivity index (χ1) is 7.28. The van der Waals surface area contributed by atoms with Crippen LogP contribution in [-0.2, 0) is 12.3 Å². The van der Waals surface area contributed by atoms with Crippen LogP contribution in [0, 0.1) is 6.92 Å². The third kappa shape index (κ3) is 2.54. The molecule has 0 saturated carbocycles. The standard InChI is InChI=1S/C7H9N5O2S/c1-4-9-11-6(13-4)3-15-7-12-10-5(2-8)14-7/h2-3,8H2,1H3. The average Bonchev–Trinajstić information content (AvgIpc) is 2.83. The van der Waals surface area contributed by atoms with Crippen LogP contribution in [-0.4, -0.2) is 20.4 Å². The summed E-state index contributed by atoms with van der Waals surface area (Å²) >= 11 is 1.33. The van der Waals surface area contributed by atoms with E-state index in [0.29, 0.717) is 28.6 Å². The van der Waals surface area contributed by atoms with Gasteiger partial charge in [-0.15, -0.1) is 20.4 Å². The number of hydrogen-bond donors (Lipinski definition) is 1. The van der Waals surface area contributed by atoms with E-state index in [9.17, 15) is 0 Å². The molecule has 80 valence electrons. The number of rotatable bonds is 4. The molecule has 0 bridgehead atoms. The lowest BCUT2D eigenvalue weighted by Crippen LogP contribution is -1.95. The van der Waals surface area contributed by atoms with Gasteiger partial charge in [0.15, 0.2) is 0 Å². The number of thioether (sulfide) groups is 1. The summed E-state index contributed by atoms with van der Waals surface area (Å²) in [7, 11) is 0. The first kappa shape index (κ1) is 10.1.